The van der Waals surface area contributed by atoms with Gasteiger partial charge in [-0.25, -0.2) is 4.57 Å². The average Bonchev–Trinajstić information content (AvgIpc) is 3.28. The SMILES string of the molecule is COc1ccc(-n2c[n+]3c(n2)CO[C@H]2Cc4ccccc4[C@H]23)cc1.FB(F)F.[F-]. The Morgan fingerprint density at radius 1 is 1.14 bits per heavy atom. The molecule has 10 heteroatoms. The molecule has 0 bridgehead atoms. The number of aromatic nitrogens is 3. The summed E-state index contributed by atoms with van der Waals surface area (Å²) in [6.45, 7) is 0.554. The molecule has 0 saturated heterocycles. The van der Waals surface area contributed by atoms with Gasteiger partial charge in [-0.2, -0.15) is 0 Å². The number of nitrogens with zero attached hydrogens (tertiary/aromatic N) is 3. The first-order valence-electron chi connectivity index (χ1n) is 8.82. The van der Waals surface area contributed by atoms with Gasteiger partial charge in [0.15, 0.2) is 0 Å². The molecular formula is C19H18BF4N3O2. The molecule has 2 aromatic carbocycles. The van der Waals surface area contributed by atoms with Crippen molar-refractivity contribution in [2.45, 2.75) is 25.2 Å². The molecule has 0 saturated carbocycles. The van der Waals surface area contributed by atoms with E-state index in [1.807, 2.05) is 28.9 Å². The smallest absolute Gasteiger partial charge is 0.762 e. The zero-order valence-corrected chi connectivity index (χ0v) is 15.5. The highest BCUT2D eigenvalue weighted by Gasteiger charge is 2.43. The summed E-state index contributed by atoms with van der Waals surface area (Å²) in [6.07, 6.45) is 3.26. The van der Waals surface area contributed by atoms with Crippen LogP contribution in [0.1, 0.15) is 23.0 Å². The Kier molecular flexibility index (Phi) is 6.22. The van der Waals surface area contributed by atoms with Crippen LogP contribution < -0.4 is 14.0 Å². The van der Waals surface area contributed by atoms with Gasteiger partial charge in [-0.15, -0.1) is 0 Å². The summed E-state index contributed by atoms with van der Waals surface area (Å²) in [4.78, 5) is 0. The van der Waals surface area contributed by atoms with Crippen molar-refractivity contribution in [3.8, 4) is 11.4 Å². The molecule has 2 aliphatic rings. The lowest BCUT2D eigenvalue weighted by molar-refractivity contribution is -0.739. The summed E-state index contributed by atoms with van der Waals surface area (Å²) in [5.74, 6) is 1.81. The van der Waals surface area contributed by atoms with E-state index in [-0.39, 0.29) is 16.9 Å². The van der Waals surface area contributed by atoms with Crippen LogP contribution in [0.5, 0.6) is 5.75 Å². The van der Waals surface area contributed by atoms with E-state index in [2.05, 4.69) is 35.2 Å². The van der Waals surface area contributed by atoms with Gasteiger partial charge in [0.2, 0.25) is 6.33 Å². The van der Waals surface area contributed by atoms with Crippen molar-refractivity contribution in [2.75, 3.05) is 7.11 Å². The quantitative estimate of drug-likeness (QED) is 0.344. The third-order valence-electron chi connectivity index (χ3n) is 4.97. The molecule has 5 nitrogen and oxygen atoms in total. The van der Waals surface area contributed by atoms with Gasteiger partial charge in [0.25, 0.3) is 0 Å². The minimum Gasteiger partial charge on any atom is -1.00 e. The van der Waals surface area contributed by atoms with Gasteiger partial charge in [0.05, 0.1) is 7.11 Å². The fourth-order valence-corrected chi connectivity index (χ4v) is 3.78. The summed E-state index contributed by atoms with van der Waals surface area (Å²) in [5, 5.41) is 4.72. The normalized spacial score (nSPS) is 18.3. The number of ether oxygens (including phenoxy) is 2. The molecule has 29 heavy (non-hydrogen) atoms. The number of hydrogen-bond acceptors (Lipinski definition) is 3. The second kappa shape index (κ2) is 8.65. The van der Waals surface area contributed by atoms with E-state index >= 15 is 0 Å². The molecule has 2 heterocycles. The highest BCUT2D eigenvalue weighted by Crippen LogP contribution is 2.35. The lowest BCUT2D eigenvalue weighted by atomic mass is 10.1. The fourth-order valence-electron chi connectivity index (χ4n) is 3.78. The summed E-state index contributed by atoms with van der Waals surface area (Å²) < 4.78 is 44.5. The topological polar surface area (TPSA) is 40.2 Å². The first-order chi connectivity index (χ1) is 13.6. The third kappa shape index (κ3) is 4.12. The number of rotatable bonds is 2. The molecule has 2 atom stereocenters. The van der Waals surface area contributed by atoms with Crippen LogP contribution in [-0.2, 0) is 17.8 Å². The van der Waals surface area contributed by atoms with Crippen LogP contribution in [0.4, 0.5) is 12.9 Å². The summed E-state index contributed by atoms with van der Waals surface area (Å²) in [5.41, 5.74) is 3.74. The Labute approximate surface area is 165 Å². The Hall–Kier alpha value is -2.88. The highest BCUT2D eigenvalue weighted by molar-refractivity contribution is 6.33. The summed E-state index contributed by atoms with van der Waals surface area (Å²) in [7, 11) is -1.99. The molecule has 0 N–H and O–H groups in total. The lowest BCUT2D eigenvalue weighted by Crippen LogP contribution is -3.00. The first kappa shape index (κ1) is 20.8. The van der Waals surface area contributed by atoms with Gasteiger partial charge >= 0.3 is 13.4 Å². The van der Waals surface area contributed by atoms with Gasteiger partial charge in [-0.05, 0) is 35.4 Å². The fraction of sp³-hybridized carbons (Fsp3) is 0.263. The van der Waals surface area contributed by atoms with E-state index in [1.54, 1.807) is 7.11 Å². The molecule has 0 fully saturated rings. The van der Waals surface area contributed by atoms with E-state index in [4.69, 9.17) is 14.6 Å². The second-order valence-corrected chi connectivity index (χ2v) is 6.53. The number of methoxy groups -OCH3 is 1. The molecular weight excluding hydrogens is 389 g/mol. The van der Waals surface area contributed by atoms with E-state index in [1.165, 1.54) is 11.1 Å². The Balaban J connectivity index is 0.000000443. The van der Waals surface area contributed by atoms with E-state index in [9.17, 15) is 12.9 Å². The molecule has 152 valence electrons. The maximum Gasteiger partial charge on any atom is 0.762 e. The monoisotopic (exact) mass is 407 g/mol. The number of benzene rings is 2. The zero-order valence-electron chi connectivity index (χ0n) is 15.5. The van der Waals surface area contributed by atoms with E-state index < -0.39 is 7.54 Å². The average molecular weight is 407 g/mol. The largest absolute Gasteiger partial charge is 1.00 e. The Morgan fingerprint density at radius 3 is 2.52 bits per heavy atom. The molecule has 1 aliphatic heterocycles. The lowest BCUT2D eigenvalue weighted by Gasteiger charge is -2.23. The molecule has 1 aliphatic carbocycles. The highest BCUT2D eigenvalue weighted by atomic mass is 19.4. The van der Waals surface area contributed by atoms with Crippen molar-refractivity contribution in [3.05, 3.63) is 71.8 Å². The minimum atomic E-state index is -3.67. The molecule has 5 rings (SSSR count). The van der Waals surface area contributed by atoms with Gasteiger partial charge in [-0.3, -0.25) is 12.9 Å². The van der Waals surface area contributed by atoms with Gasteiger partial charge in [-0.1, -0.05) is 28.9 Å². The minimum absolute atomic E-state index is 0. The second-order valence-electron chi connectivity index (χ2n) is 6.53. The van der Waals surface area contributed by atoms with Crippen molar-refractivity contribution in [3.63, 3.8) is 0 Å². The maximum atomic E-state index is 9.67. The number of halogens is 4. The van der Waals surface area contributed by atoms with Crippen LogP contribution in [-0.4, -0.2) is 30.5 Å². The predicted octanol–water partition coefficient (Wildman–Crippen LogP) is 0.0965. The van der Waals surface area contributed by atoms with Crippen molar-refractivity contribution in [2.24, 2.45) is 0 Å². The van der Waals surface area contributed by atoms with Gasteiger partial charge in [0, 0.05) is 11.5 Å². The maximum absolute atomic E-state index is 9.67. The first-order valence-corrected chi connectivity index (χ1v) is 8.82. The van der Waals surface area contributed by atoms with Crippen LogP contribution in [0.25, 0.3) is 5.69 Å². The Morgan fingerprint density at radius 2 is 1.83 bits per heavy atom. The molecule has 0 amide bonds. The van der Waals surface area contributed by atoms with Crippen LogP contribution in [0.15, 0.2) is 54.9 Å². The standard InChI is InChI=1S/C19H18N3O2.BF3.FH/c1-23-15-8-6-14(7-9-15)22-12-21-18(20-22)11-24-17-10-13-4-2-3-5-16(13)19(17)21;2-1(3)4;/h2-9,12,17,19H,10-11H2,1H3;;1H/q+1;;/p-1/t17-,19+;;/m0../s1. The van der Waals surface area contributed by atoms with E-state index in [0.29, 0.717) is 6.61 Å². The molecule has 0 spiro atoms. The third-order valence-corrected chi connectivity index (χ3v) is 4.97. The number of fused-ring (bicyclic) bond motifs is 5. The number of hydrogen-bond donors (Lipinski definition) is 0. The molecule has 0 radical (unpaired) electrons. The van der Waals surface area contributed by atoms with Crippen LogP contribution in [0, 0.1) is 0 Å². The van der Waals surface area contributed by atoms with Crippen molar-refractivity contribution >= 4 is 7.54 Å². The van der Waals surface area contributed by atoms with Crippen LogP contribution >= 0.6 is 0 Å². The van der Waals surface area contributed by atoms with Crippen LogP contribution in [0.3, 0.4) is 0 Å². The van der Waals surface area contributed by atoms with Crippen molar-refractivity contribution < 1.29 is 31.7 Å². The Bertz CT molecular complexity index is 966. The van der Waals surface area contributed by atoms with Crippen LogP contribution in [0.2, 0.25) is 0 Å². The summed E-state index contributed by atoms with van der Waals surface area (Å²) >= 11 is 0. The van der Waals surface area contributed by atoms with Gasteiger partial charge < -0.3 is 14.2 Å². The molecule has 1 aromatic heterocycles. The molecule has 0 unspecified atom stereocenters. The van der Waals surface area contributed by atoms with E-state index in [0.717, 1.165) is 23.7 Å². The van der Waals surface area contributed by atoms with Crippen molar-refractivity contribution in [1.82, 2.24) is 9.78 Å². The summed E-state index contributed by atoms with van der Waals surface area (Å²) in [6, 6.07) is 16.7. The van der Waals surface area contributed by atoms with Crippen molar-refractivity contribution in [1.29, 1.82) is 0 Å². The molecule has 3 aromatic rings. The predicted molar refractivity (Wildman–Crippen MR) is 96.3 cm³/mol. The van der Waals surface area contributed by atoms with Gasteiger partial charge in [0.1, 0.15) is 30.2 Å². The zero-order chi connectivity index (χ0) is 19.7.